The van der Waals surface area contributed by atoms with Crippen LogP contribution in [-0.2, 0) is 19.8 Å². The highest BCUT2D eigenvalue weighted by Crippen LogP contribution is 2.51. The number of nitrogens with zero attached hydrogens (tertiary/aromatic N) is 1. The van der Waals surface area contributed by atoms with Gasteiger partial charge in [0.05, 0.1) is 24.9 Å². The molecule has 2 aromatic carbocycles. The van der Waals surface area contributed by atoms with Crippen LogP contribution in [0.2, 0.25) is 0 Å². The first kappa shape index (κ1) is 20.7. The van der Waals surface area contributed by atoms with Crippen LogP contribution in [0.15, 0.2) is 54.7 Å². The van der Waals surface area contributed by atoms with Crippen molar-refractivity contribution in [2.24, 2.45) is 0 Å². The lowest BCUT2D eigenvalue weighted by Crippen LogP contribution is -1.99. The van der Waals surface area contributed by atoms with Crippen molar-refractivity contribution >= 4 is 18.5 Å². The molecule has 1 heterocycles. The van der Waals surface area contributed by atoms with Crippen LogP contribution in [0.3, 0.4) is 0 Å². The summed E-state index contributed by atoms with van der Waals surface area (Å²) in [7, 11) is -3.14. The predicted octanol–water partition coefficient (Wildman–Crippen LogP) is 6.79. The molecule has 5 heteroatoms. The molecule has 0 radical (unpaired) electrons. The summed E-state index contributed by atoms with van der Waals surface area (Å²) in [6, 6.07) is 16.6. The lowest BCUT2D eigenvalue weighted by Gasteiger charge is -2.18. The number of benzene rings is 2. The number of hydrogen-bond acceptors (Lipinski definition) is 4. The average molecular weight is 397 g/mol. The summed E-state index contributed by atoms with van der Waals surface area (Å²) in [5.74, 6) is 0.419. The fourth-order valence-corrected chi connectivity index (χ4v) is 5.04. The largest absolute Gasteiger partial charge is 0.335 e. The molecular formula is C23H28NO3P. The van der Waals surface area contributed by atoms with E-state index >= 15 is 0 Å². The van der Waals surface area contributed by atoms with E-state index in [0.29, 0.717) is 19.1 Å². The predicted molar refractivity (Wildman–Crippen MR) is 116 cm³/mol. The van der Waals surface area contributed by atoms with Gasteiger partial charge in [-0.05, 0) is 54.7 Å². The minimum Gasteiger partial charge on any atom is -0.309 e. The summed E-state index contributed by atoms with van der Waals surface area (Å²) >= 11 is 0. The molecule has 0 bridgehead atoms. The number of hydrogen-bond donors (Lipinski definition) is 0. The summed E-state index contributed by atoms with van der Waals surface area (Å²) in [6.45, 7) is 8.77. The molecule has 0 amide bonds. The Kier molecular flexibility index (Phi) is 6.66. The van der Waals surface area contributed by atoms with Gasteiger partial charge in [-0.15, -0.1) is 0 Å². The van der Waals surface area contributed by atoms with Crippen LogP contribution in [0.1, 0.15) is 44.7 Å². The van der Waals surface area contributed by atoms with Crippen LogP contribution in [0.25, 0.3) is 22.0 Å². The number of aromatic nitrogens is 1. The van der Waals surface area contributed by atoms with Crippen molar-refractivity contribution < 1.29 is 13.6 Å². The third-order valence-corrected chi connectivity index (χ3v) is 6.72. The molecule has 28 heavy (non-hydrogen) atoms. The summed E-state index contributed by atoms with van der Waals surface area (Å²) < 4.78 is 23.9. The quantitative estimate of drug-likeness (QED) is 0.393. The second-order valence-corrected chi connectivity index (χ2v) is 9.16. The Morgan fingerprint density at radius 1 is 1.00 bits per heavy atom. The molecule has 0 aliphatic heterocycles. The van der Waals surface area contributed by atoms with Gasteiger partial charge in [-0.3, -0.25) is 9.55 Å². The normalized spacial score (nSPS) is 12.0. The van der Waals surface area contributed by atoms with E-state index in [1.165, 1.54) is 5.56 Å². The molecule has 0 fully saturated rings. The molecule has 1 aromatic heterocycles. The monoisotopic (exact) mass is 397 g/mol. The van der Waals surface area contributed by atoms with Gasteiger partial charge in [0.2, 0.25) is 0 Å². The number of rotatable bonds is 8. The van der Waals surface area contributed by atoms with E-state index in [9.17, 15) is 4.57 Å². The van der Waals surface area contributed by atoms with Crippen molar-refractivity contribution in [3.05, 3.63) is 65.9 Å². The first-order valence-electron chi connectivity index (χ1n) is 9.82. The van der Waals surface area contributed by atoms with Gasteiger partial charge in [0, 0.05) is 17.1 Å². The highest BCUT2D eigenvalue weighted by Gasteiger charge is 2.24. The standard InChI is InChI=1S/C23H28NO3P/c1-5-26-28(25,27-6-2)16-18-9-7-10-19(13-18)22-15-21(17(3)4)14-20-11-8-12-24-23(20)22/h7-15,17H,5-6,16H2,1-4H3. The molecule has 0 N–H and O–H groups in total. The zero-order valence-electron chi connectivity index (χ0n) is 17.0. The summed E-state index contributed by atoms with van der Waals surface area (Å²) in [6.07, 6.45) is 2.08. The Balaban J connectivity index is 2.06. The van der Waals surface area contributed by atoms with Crippen LogP contribution in [0.5, 0.6) is 0 Å². The van der Waals surface area contributed by atoms with Crippen LogP contribution >= 0.6 is 7.60 Å². The van der Waals surface area contributed by atoms with Gasteiger partial charge in [0.25, 0.3) is 0 Å². The average Bonchev–Trinajstić information content (AvgIpc) is 2.67. The Morgan fingerprint density at radius 3 is 2.43 bits per heavy atom. The fourth-order valence-electron chi connectivity index (χ4n) is 3.35. The highest BCUT2D eigenvalue weighted by atomic mass is 31.2. The van der Waals surface area contributed by atoms with Crippen molar-refractivity contribution in [1.29, 1.82) is 0 Å². The van der Waals surface area contributed by atoms with Gasteiger partial charge in [0.15, 0.2) is 0 Å². The summed E-state index contributed by atoms with van der Waals surface area (Å²) in [4.78, 5) is 4.62. The third-order valence-electron chi connectivity index (χ3n) is 4.66. The third kappa shape index (κ3) is 4.70. The minimum absolute atomic E-state index is 0.262. The van der Waals surface area contributed by atoms with Gasteiger partial charge in [0.1, 0.15) is 0 Å². The maximum atomic E-state index is 12.9. The van der Waals surface area contributed by atoms with Gasteiger partial charge in [-0.2, -0.15) is 0 Å². The van der Waals surface area contributed by atoms with Gasteiger partial charge >= 0.3 is 7.60 Å². The van der Waals surface area contributed by atoms with Crippen LogP contribution in [-0.4, -0.2) is 18.2 Å². The zero-order valence-corrected chi connectivity index (χ0v) is 17.9. The summed E-state index contributed by atoms with van der Waals surface area (Å²) in [5.41, 5.74) is 5.33. The van der Waals surface area contributed by atoms with Crippen molar-refractivity contribution in [3.8, 4) is 11.1 Å². The molecule has 0 saturated heterocycles. The van der Waals surface area contributed by atoms with Crippen molar-refractivity contribution in [1.82, 2.24) is 4.98 Å². The molecule has 148 valence electrons. The van der Waals surface area contributed by atoms with E-state index in [0.717, 1.165) is 27.6 Å². The second-order valence-electron chi connectivity index (χ2n) is 7.10. The Morgan fingerprint density at radius 2 is 1.75 bits per heavy atom. The van der Waals surface area contributed by atoms with E-state index in [2.05, 4.69) is 49.2 Å². The Hall–Kier alpha value is -2.00. The van der Waals surface area contributed by atoms with Gasteiger partial charge < -0.3 is 9.05 Å². The number of fused-ring (bicyclic) bond motifs is 1. The minimum atomic E-state index is -3.14. The fraction of sp³-hybridized carbons (Fsp3) is 0.348. The lowest BCUT2D eigenvalue weighted by atomic mass is 9.93. The van der Waals surface area contributed by atoms with E-state index in [1.807, 2.05) is 38.2 Å². The maximum Gasteiger partial charge on any atom is 0.335 e. The molecule has 3 rings (SSSR count). The SMILES string of the molecule is CCOP(=O)(Cc1cccc(-c2cc(C(C)C)cc3cccnc23)c1)OCC. The molecule has 0 unspecified atom stereocenters. The van der Waals surface area contributed by atoms with Crippen LogP contribution in [0.4, 0.5) is 0 Å². The zero-order chi connectivity index (χ0) is 20.1. The molecule has 4 nitrogen and oxygen atoms in total. The Labute approximate surface area is 167 Å². The van der Waals surface area contributed by atoms with Crippen molar-refractivity contribution in [2.45, 2.75) is 39.8 Å². The maximum absolute atomic E-state index is 12.9. The first-order chi connectivity index (χ1) is 13.5. The lowest BCUT2D eigenvalue weighted by molar-refractivity contribution is 0.219. The van der Waals surface area contributed by atoms with E-state index in [4.69, 9.17) is 9.05 Å². The Bertz CT molecular complexity index is 990. The van der Waals surface area contributed by atoms with Crippen molar-refractivity contribution in [3.63, 3.8) is 0 Å². The molecule has 0 aliphatic rings. The van der Waals surface area contributed by atoms with E-state index < -0.39 is 7.60 Å². The van der Waals surface area contributed by atoms with Crippen LogP contribution in [0, 0.1) is 0 Å². The van der Waals surface area contributed by atoms with Crippen LogP contribution < -0.4 is 0 Å². The summed E-state index contributed by atoms with van der Waals surface area (Å²) in [5, 5.41) is 1.13. The van der Waals surface area contributed by atoms with Gasteiger partial charge in [-0.25, -0.2) is 0 Å². The molecule has 0 atom stereocenters. The molecule has 0 spiro atoms. The van der Waals surface area contributed by atoms with Crippen molar-refractivity contribution in [2.75, 3.05) is 13.2 Å². The van der Waals surface area contributed by atoms with E-state index in [-0.39, 0.29) is 6.16 Å². The molecule has 0 aliphatic carbocycles. The van der Waals surface area contributed by atoms with E-state index in [1.54, 1.807) is 0 Å². The highest BCUT2D eigenvalue weighted by molar-refractivity contribution is 7.53. The molecule has 3 aromatic rings. The smallest absolute Gasteiger partial charge is 0.309 e. The number of pyridine rings is 1. The first-order valence-corrected chi connectivity index (χ1v) is 11.5. The topological polar surface area (TPSA) is 48.4 Å². The molecular weight excluding hydrogens is 369 g/mol. The van der Waals surface area contributed by atoms with Gasteiger partial charge in [-0.1, -0.05) is 44.2 Å². The molecule has 0 saturated carbocycles. The second kappa shape index (κ2) is 9.00.